The number of hydrogen-bond donors (Lipinski definition) is 1. The summed E-state index contributed by atoms with van der Waals surface area (Å²) in [5.41, 5.74) is 0.847. The first-order valence-corrected chi connectivity index (χ1v) is 11.6. The second-order valence-corrected chi connectivity index (χ2v) is 9.36. The topological polar surface area (TPSA) is 44.8 Å². The Morgan fingerprint density at radius 2 is 1.76 bits per heavy atom. The lowest BCUT2D eigenvalue weighted by atomic mass is 9.86. The van der Waals surface area contributed by atoms with Gasteiger partial charge in [-0.2, -0.15) is 0 Å². The van der Waals surface area contributed by atoms with Gasteiger partial charge in [0.2, 0.25) is 5.91 Å². The van der Waals surface area contributed by atoms with E-state index in [1.54, 1.807) is 0 Å². The molecule has 1 N–H and O–H groups in total. The molecule has 2 aliphatic heterocycles. The Kier molecular flexibility index (Phi) is 6.76. The third-order valence-electron chi connectivity index (χ3n) is 7.27. The van der Waals surface area contributed by atoms with Gasteiger partial charge in [-0.3, -0.25) is 9.69 Å². The molecule has 29 heavy (non-hydrogen) atoms. The highest BCUT2D eigenvalue weighted by Crippen LogP contribution is 2.32. The van der Waals surface area contributed by atoms with Crippen LogP contribution in [0.1, 0.15) is 58.8 Å². The van der Waals surface area contributed by atoms with E-state index in [-0.39, 0.29) is 5.91 Å². The molecule has 0 bridgehead atoms. The van der Waals surface area contributed by atoms with Crippen molar-refractivity contribution in [3.63, 3.8) is 0 Å². The van der Waals surface area contributed by atoms with Crippen LogP contribution in [0.2, 0.25) is 0 Å². The lowest BCUT2D eigenvalue weighted by Gasteiger charge is -2.44. The van der Waals surface area contributed by atoms with Crippen molar-refractivity contribution < 1.29 is 9.53 Å². The molecule has 160 valence electrons. The first-order valence-electron chi connectivity index (χ1n) is 11.6. The average Bonchev–Trinajstić information content (AvgIpc) is 2.70. The zero-order valence-corrected chi connectivity index (χ0v) is 18.1. The van der Waals surface area contributed by atoms with Crippen molar-refractivity contribution in [2.75, 3.05) is 31.5 Å². The molecule has 4 rings (SSSR count). The molecule has 2 heterocycles. The quantitative estimate of drug-likeness (QED) is 0.781. The molecule has 5 heteroatoms. The Labute approximate surface area is 175 Å². The predicted molar refractivity (Wildman–Crippen MR) is 117 cm³/mol. The maximum absolute atomic E-state index is 12.4. The molecule has 0 radical (unpaired) electrons. The Morgan fingerprint density at radius 1 is 1.03 bits per heavy atom. The number of likely N-dealkylation sites (tertiary alicyclic amines) is 2. The van der Waals surface area contributed by atoms with Crippen LogP contribution in [0.25, 0.3) is 0 Å². The summed E-state index contributed by atoms with van der Waals surface area (Å²) in [6.07, 6.45) is 9.17. The van der Waals surface area contributed by atoms with Crippen LogP contribution >= 0.6 is 0 Å². The van der Waals surface area contributed by atoms with Gasteiger partial charge in [0, 0.05) is 30.6 Å². The van der Waals surface area contributed by atoms with Crippen LogP contribution in [0.4, 0.5) is 5.69 Å². The molecule has 0 spiro atoms. The number of hydrogen-bond acceptors (Lipinski definition) is 4. The van der Waals surface area contributed by atoms with Crippen molar-refractivity contribution in [2.45, 2.75) is 77.0 Å². The van der Waals surface area contributed by atoms with Crippen LogP contribution in [0, 0.1) is 5.92 Å². The van der Waals surface area contributed by atoms with E-state index < -0.39 is 0 Å². The van der Waals surface area contributed by atoms with Crippen molar-refractivity contribution >= 4 is 11.6 Å². The number of ether oxygens (including phenoxy) is 1. The number of carbonyl (C=O) groups is 1. The number of benzene rings is 1. The van der Waals surface area contributed by atoms with Crippen LogP contribution in [0.15, 0.2) is 24.3 Å². The summed E-state index contributed by atoms with van der Waals surface area (Å²) in [5, 5.41) is 3.04. The van der Waals surface area contributed by atoms with Gasteiger partial charge < -0.3 is 15.0 Å². The lowest BCUT2D eigenvalue weighted by Crippen LogP contribution is -2.50. The smallest absolute Gasteiger partial charge is 0.238 e. The van der Waals surface area contributed by atoms with Crippen molar-refractivity contribution in [3.8, 4) is 5.75 Å². The van der Waals surface area contributed by atoms with Crippen LogP contribution < -0.4 is 10.1 Å². The van der Waals surface area contributed by atoms with Gasteiger partial charge in [0.15, 0.2) is 0 Å². The van der Waals surface area contributed by atoms with Gasteiger partial charge in [0.05, 0.1) is 6.54 Å². The molecule has 1 aromatic carbocycles. The highest BCUT2D eigenvalue weighted by molar-refractivity contribution is 5.92. The number of carbonyl (C=O) groups excluding carboxylic acids is 1. The molecule has 0 aromatic heterocycles. The molecule has 1 saturated carbocycles. The van der Waals surface area contributed by atoms with Crippen molar-refractivity contribution in [3.05, 3.63) is 24.3 Å². The number of rotatable bonds is 6. The summed E-state index contributed by atoms with van der Waals surface area (Å²) >= 11 is 0. The molecule has 1 aliphatic carbocycles. The minimum atomic E-state index is 0.0722. The van der Waals surface area contributed by atoms with Gasteiger partial charge >= 0.3 is 0 Å². The van der Waals surface area contributed by atoms with Gasteiger partial charge in [-0.05, 0) is 82.4 Å². The van der Waals surface area contributed by atoms with E-state index in [2.05, 4.69) is 29.0 Å². The summed E-state index contributed by atoms with van der Waals surface area (Å²) in [4.78, 5) is 17.4. The molecule has 1 amide bonds. The lowest BCUT2D eigenvalue weighted by molar-refractivity contribution is -0.118. The summed E-state index contributed by atoms with van der Waals surface area (Å²) in [7, 11) is 0. The second-order valence-electron chi connectivity index (χ2n) is 9.36. The monoisotopic (exact) mass is 399 g/mol. The Bertz CT molecular complexity index is 665. The fourth-order valence-corrected chi connectivity index (χ4v) is 5.05. The number of anilines is 1. The number of nitrogens with one attached hydrogen (secondary N) is 1. The van der Waals surface area contributed by atoms with Crippen molar-refractivity contribution in [2.24, 2.45) is 5.92 Å². The maximum atomic E-state index is 12.4. The molecular formula is C24H37N3O2. The SMILES string of the molecule is CC1CCCN(CC(=O)Nc2ccc(OC3CC(N4CCCCC4)C3)cc2)[C@@H]1C. The summed E-state index contributed by atoms with van der Waals surface area (Å²) in [6, 6.07) is 9.07. The highest BCUT2D eigenvalue weighted by atomic mass is 16.5. The van der Waals surface area contributed by atoms with Crippen LogP contribution in [-0.2, 0) is 4.79 Å². The van der Waals surface area contributed by atoms with Crippen LogP contribution in [0.5, 0.6) is 5.75 Å². The third kappa shape index (κ3) is 5.32. The molecule has 1 unspecified atom stereocenters. The maximum Gasteiger partial charge on any atom is 0.238 e. The predicted octanol–water partition coefficient (Wildman–Crippen LogP) is 4.14. The first-order chi connectivity index (χ1) is 14.1. The fraction of sp³-hybridized carbons (Fsp3) is 0.708. The fourth-order valence-electron chi connectivity index (χ4n) is 5.05. The number of piperidine rings is 2. The number of nitrogens with zero attached hydrogens (tertiary/aromatic N) is 2. The van der Waals surface area contributed by atoms with Gasteiger partial charge in [-0.15, -0.1) is 0 Å². The van der Waals surface area contributed by atoms with Gasteiger partial charge in [0.25, 0.3) is 0 Å². The zero-order chi connectivity index (χ0) is 20.2. The third-order valence-corrected chi connectivity index (χ3v) is 7.27. The molecule has 2 saturated heterocycles. The zero-order valence-electron chi connectivity index (χ0n) is 18.1. The second kappa shape index (κ2) is 9.48. The van der Waals surface area contributed by atoms with Crippen molar-refractivity contribution in [1.82, 2.24) is 9.80 Å². The largest absolute Gasteiger partial charge is 0.490 e. The Hall–Kier alpha value is -1.59. The van der Waals surface area contributed by atoms with Gasteiger partial charge in [0.1, 0.15) is 11.9 Å². The molecule has 3 aliphatic rings. The van der Waals surface area contributed by atoms with E-state index in [4.69, 9.17) is 4.74 Å². The standard InChI is InChI=1S/C24H37N3O2/c1-18-7-6-14-27(19(18)2)17-24(28)25-20-8-10-22(11-9-20)29-23-15-21(16-23)26-12-4-3-5-13-26/h8-11,18-19,21,23H,3-7,12-17H2,1-2H3,(H,25,28)/t18?,19-,21?,23?/m1/s1. The molecule has 5 nitrogen and oxygen atoms in total. The van der Waals surface area contributed by atoms with E-state index in [0.717, 1.165) is 36.9 Å². The Balaban J connectivity index is 1.20. The molecule has 3 fully saturated rings. The molecule has 2 atom stereocenters. The summed E-state index contributed by atoms with van der Waals surface area (Å²) in [5.74, 6) is 1.64. The van der Waals surface area contributed by atoms with Crippen LogP contribution in [0.3, 0.4) is 0 Å². The summed E-state index contributed by atoms with van der Waals surface area (Å²) < 4.78 is 6.13. The van der Waals surface area contributed by atoms with Gasteiger partial charge in [-0.25, -0.2) is 0 Å². The summed E-state index contributed by atoms with van der Waals surface area (Å²) in [6.45, 7) is 8.54. The van der Waals surface area contributed by atoms with E-state index in [1.807, 2.05) is 24.3 Å². The van der Waals surface area contributed by atoms with Crippen LogP contribution in [-0.4, -0.2) is 60.1 Å². The average molecular weight is 400 g/mol. The number of amides is 1. The normalized spacial score (nSPS) is 31.1. The Morgan fingerprint density at radius 3 is 2.48 bits per heavy atom. The van der Waals surface area contributed by atoms with E-state index >= 15 is 0 Å². The minimum absolute atomic E-state index is 0.0722. The minimum Gasteiger partial charge on any atom is -0.490 e. The first kappa shape index (κ1) is 20.7. The van der Waals surface area contributed by atoms with E-state index in [1.165, 1.54) is 45.2 Å². The van der Waals surface area contributed by atoms with E-state index in [0.29, 0.717) is 24.6 Å². The molecule has 1 aromatic rings. The van der Waals surface area contributed by atoms with E-state index in [9.17, 15) is 4.79 Å². The highest BCUT2D eigenvalue weighted by Gasteiger charge is 2.35. The van der Waals surface area contributed by atoms with Gasteiger partial charge in [-0.1, -0.05) is 13.3 Å². The molecular weight excluding hydrogens is 362 g/mol. The van der Waals surface area contributed by atoms with Crippen molar-refractivity contribution in [1.29, 1.82) is 0 Å².